The molecule has 0 aliphatic carbocycles. The molecule has 1 unspecified atom stereocenters. The van der Waals surface area contributed by atoms with Crippen LogP contribution in [0.25, 0.3) is 0 Å². The molecule has 1 N–H and O–H groups in total. The van der Waals surface area contributed by atoms with Gasteiger partial charge in [0.05, 0.1) is 17.3 Å². The second-order valence-electron chi connectivity index (χ2n) is 11.2. The summed E-state index contributed by atoms with van der Waals surface area (Å²) in [7, 11) is 0. The summed E-state index contributed by atoms with van der Waals surface area (Å²) in [4.78, 5) is 16.7. The van der Waals surface area contributed by atoms with Gasteiger partial charge in [0.25, 0.3) is 0 Å². The van der Waals surface area contributed by atoms with Crippen LogP contribution in [0.4, 0.5) is 17.1 Å². The number of piperazine rings is 1. The number of hydrogen-bond donors (Lipinski definition) is 1. The first-order chi connectivity index (χ1) is 17.6. The van der Waals surface area contributed by atoms with Crippen molar-refractivity contribution in [3.63, 3.8) is 0 Å². The van der Waals surface area contributed by atoms with Crippen molar-refractivity contribution in [2.24, 2.45) is 0 Å². The number of fused-ring (bicyclic) bond motifs is 1. The topological polar surface area (TPSA) is 44.8 Å². The highest BCUT2D eigenvalue weighted by Gasteiger charge is 2.45. The fourth-order valence-electron chi connectivity index (χ4n) is 6.29. The summed E-state index contributed by atoms with van der Waals surface area (Å²) in [6.45, 7) is 18.5. The Kier molecular flexibility index (Phi) is 6.43. The first kappa shape index (κ1) is 25.2. The second kappa shape index (κ2) is 9.44. The van der Waals surface area contributed by atoms with Gasteiger partial charge in [-0.1, -0.05) is 42.0 Å². The molecular formula is C32H39N3O2. The molecule has 1 fully saturated rings. The van der Waals surface area contributed by atoms with E-state index in [9.17, 15) is 4.79 Å². The van der Waals surface area contributed by atoms with E-state index in [0.717, 1.165) is 43.3 Å². The van der Waals surface area contributed by atoms with Gasteiger partial charge in [0.2, 0.25) is 5.91 Å². The number of nitrogens with zero attached hydrogens (tertiary/aromatic N) is 2. The van der Waals surface area contributed by atoms with Crippen molar-refractivity contribution in [2.45, 2.75) is 60.0 Å². The van der Waals surface area contributed by atoms with E-state index in [2.05, 4.69) is 87.0 Å². The van der Waals surface area contributed by atoms with Crippen LogP contribution in [-0.4, -0.2) is 37.7 Å². The molecule has 3 aromatic carbocycles. The highest BCUT2D eigenvalue weighted by Crippen LogP contribution is 2.54. The molecule has 0 bridgehead atoms. The van der Waals surface area contributed by atoms with Crippen LogP contribution in [0.1, 0.15) is 60.1 Å². The number of carbonyl (C=O) groups excluding carboxylic acids is 1. The third-order valence-corrected chi connectivity index (χ3v) is 8.17. The van der Waals surface area contributed by atoms with Crippen LogP contribution >= 0.6 is 0 Å². The highest BCUT2D eigenvalue weighted by molar-refractivity contribution is 5.92. The average molecular weight is 498 g/mol. The molecule has 0 saturated carbocycles. The summed E-state index contributed by atoms with van der Waals surface area (Å²) in [6.07, 6.45) is 0. The summed E-state index contributed by atoms with van der Waals surface area (Å²) in [5, 5.41) is 2.99. The Labute approximate surface area is 221 Å². The fourth-order valence-corrected chi connectivity index (χ4v) is 6.29. The zero-order valence-corrected chi connectivity index (χ0v) is 23.2. The molecule has 5 heteroatoms. The highest BCUT2D eigenvalue weighted by atomic mass is 16.5. The summed E-state index contributed by atoms with van der Waals surface area (Å²) < 4.78 is 6.68. The smallest absolute Gasteiger partial charge is 0.221 e. The number of ether oxygens (including phenoxy) is 1. The van der Waals surface area contributed by atoms with Crippen molar-refractivity contribution in [3.05, 3.63) is 81.9 Å². The van der Waals surface area contributed by atoms with Crippen molar-refractivity contribution < 1.29 is 9.53 Å². The number of benzene rings is 3. The lowest BCUT2D eigenvalue weighted by molar-refractivity contribution is -0.114. The molecule has 2 aliphatic heterocycles. The van der Waals surface area contributed by atoms with Crippen LogP contribution in [0.2, 0.25) is 0 Å². The third kappa shape index (κ3) is 4.45. The predicted molar refractivity (Wildman–Crippen MR) is 154 cm³/mol. The van der Waals surface area contributed by atoms with Gasteiger partial charge in [0.15, 0.2) is 0 Å². The van der Waals surface area contributed by atoms with E-state index in [1.807, 2.05) is 18.2 Å². The zero-order chi connectivity index (χ0) is 26.5. The van der Waals surface area contributed by atoms with E-state index in [1.54, 1.807) is 6.92 Å². The largest absolute Gasteiger partial charge is 0.486 e. The van der Waals surface area contributed by atoms with Crippen LogP contribution < -0.4 is 19.9 Å². The number of amides is 1. The normalized spacial score (nSPS) is 18.4. The maximum atomic E-state index is 11.7. The number of carbonyl (C=O) groups is 1. The molecule has 3 aromatic rings. The molecule has 37 heavy (non-hydrogen) atoms. The number of rotatable bonds is 4. The van der Waals surface area contributed by atoms with E-state index >= 15 is 0 Å². The molecule has 0 radical (unpaired) electrons. The predicted octanol–water partition coefficient (Wildman–Crippen LogP) is 6.51. The summed E-state index contributed by atoms with van der Waals surface area (Å²) in [5.74, 6) is 1.21. The number of nitrogens with one attached hydrogen (secondary N) is 1. The second-order valence-corrected chi connectivity index (χ2v) is 11.2. The Morgan fingerprint density at radius 1 is 0.865 bits per heavy atom. The Morgan fingerprint density at radius 3 is 2.14 bits per heavy atom. The molecule has 194 valence electrons. The maximum Gasteiger partial charge on any atom is 0.221 e. The van der Waals surface area contributed by atoms with E-state index < -0.39 is 0 Å². The van der Waals surface area contributed by atoms with Gasteiger partial charge in [0.1, 0.15) is 11.4 Å². The maximum absolute atomic E-state index is 11.7. The van der Waals surface area contributed by atoms with Crippen LogP contribution in [-0.2, 0) is 4.79 Å². The number of hydrogen-bond acceptors (Lipinski definition) is 4. The SMILES string of the molecule is CC(=O)Nc1ccccc1N1CCN(c2c(C)c(C)c3c(c2C)C(c2ccc(C)cc2)C(C)(C)O3)CC1. The Balaban J connectivity index is 1.48. The summed E-state index contributed by atoms with van der Waals surface area (Å²) >= 11 is 0. The van der Waals surface area contributed by atoms with Crippen LogP contribution in [0.5, 0.6) is 5.75 Å². The zero-order valence-electron chi connectivity index (χ0n) is 23.2. The average Bonchev–Trinajstić information content (AvgIpc) is 3.15. The lowest BCUT2D eigenvalue weighted by Crippen LogP contribution is -2.47. The van der Waals surface area contributed by atoms with Crippen LogP contribution in [0.3, 0.4) is 0 Å². The molecule has 1 amide bonds. The molecule has 1 atom stereocenters. The Bertz CT molecular complexity index is 1340. The van der Waals surface area contributed by atoms with Crippen molar-refractivity contribution >= 4 is 23.0 Å². The molecule has 2 aliphatic rings. The minimum absolute atomic E-state index is 0.0424. The monoisotopic (exact) mass is 497 g/mol. The van der Waals surface area contributed by atoms with E-state index in [0.29, 0.717) is 0 Å². The molecule has 5 nitrogen and oxygen atoms in total. The van der Waals surface area contributed by atoms with E-state index in [4.69, 9.17) is 4.74 Å². The fraction of sp³-hybridized carbons (Fsp3) is 0.406. The number of aryl methyl sites for hydroxylation is 1. The van der Waals surface area contributed by atoms with Gasteiger partial charge in [-0.15, -0.1) is 0 Å². The molecule has 0 aromatic heterocycles. The lowest BCUT2D eigenvalue weighted by atomic mass is 9.78. The van der Waals surface area contributed by atoms with Gasteiger partial charge in [-0.05, 0) is 75.9 Å². The van der Waals surface area contributed by atoms with E-state index in [-0.39, 0.29) is 17.4 Å². The first-order valence-corrected chi connectivity index (χ1v) is 13.3. The van der Waals surface area contributed by atoms with Gasteiger partial charge in [-0.25, -0.2) is 0 Å². The quantitative estimate of drug-likeness (QED) is 0.446. The van der Waals surface area contributed by atoms with Gasteiger partial charge < -0.3 is 19.9 Å². The van der Waals surface area contributed by atoms with Crippen molar-refractivity contribution in [1.29, 1.82) is 0 Å². The van der Waals surface area contributed by atoms with Crippen molar-refractivity contribution in [1.82, 2.24) is 0 Å². The molecular weight excluding hydrogens is 458 g/mol. The molecule has 5 rings (SSSR count). The summed E-state index contributed by atoms with van der Waals surface area (Å²) in [6, 6.07) is 17.0. The minimum Gasteiger partial charge on any atom is -0.486 e. The molecule has 2 heterocycles. The first-order valence-electron chi connectivity index (χ1n) is 13.3. The Morgan fingerprint density at radius 2 is 1.49 bits per heavy atom. The van der Waals surface area contributed by atoms with Crippen molar-refractivity contribution in [3.8, 4) is 5.75 Å². The lowest BCUT2D eigenvalue weighted by Gasteiger charge is -2.40. The van der Waals surface area contributed by atoms with Gasteiger partial charge in [0, 0.05) is 44.4 Å². The van der Waals surface area contributed by atoms with Gasteiger partial charge in [-0.2, -0.15) is 0 Å². The molecule has 1 saturated heterocycles. The standard InChI is InChI=1S/C32H39N3O2/c1-20-12-14-25(15-13-20)29-28-23(4)30(21(2)22(3)31(28)37-32(29,6)7)35-18-16-34(17-19-35)27-11-9-8-10-26(27)33-24(5)36/h8-15,29H,16-19H2,1-7H3,(H,33,36). The minimum atomic E-state index is -0.315. The number of para-hydroxylation sites is 2. The van der Waals surface area contributed by atoms with Crippen LogP contribution in [0, 0.1) is 27.7 Å². The number of anilines is 3. The van der Waals surface area contributed by atoms with Gasteiger partial charge >= 0.3 is 0 Å². The van der Waals surface area contributed by atoms with Crippen molar-refractivity contribution in [2.75, 3.05) is 41.3 Å². The Hall–Kier alpha value is -3.47. The van der Waals surface area contributed by atoms with E-state index in [1.165, 1.54) is 39.1 Å². The summed E-state index contributed by atoms with van der Waals surface area (Å²) in [5.41, 5.74) is 10.8. The van der Waals surface area contributed by atoms with Crippen LogP contribution in [0.15, 0.2) is 48.5 Å². The molecule has 0 spiro atoms. The van der Waals surface area contributed by atoms with Gasteiger partial charge in [-0.3, -0.25) is 4.79 Å². The third-order valence-electron chi connectivity index (χ3n) is 8.17.